The van der Waals surface area contributed by atoms with Crippen LogP contribution in [0, 0.1) is 0 Å². The number of hydrogen-bond donors (Lipinski definition) is 1. The SMILES string of the molecule is NC(CCc1cccs1)c1ccncc1Cl. The van der Waals surface area contributed by atoms with Crippen LogP contribution in [0.25, 0.3) is 0 Å². The zero-order valence-corrected chi connectivity index (χ0v) is 10.3. The molecule has 0 radical (unpaired) electrons. The van der Waals surface area contributed by atoms with Gasteiger partial charge in [-0.15, -0.1) is 11.3 Å². The third-order valence-electron chi connectivity index (χ3n) is 2.49. The number of hydrogen-bond acceptors (Lipinski definition) is 3. The predicted octanol–water partition coefficient (Wildman–Crippen LogP) is 3.43. The quantitative estimate of drug-likeness (QED) is 0.906. The van der Waals surface area contributed by atoms with Crippen molar-refractivity contribution in [3.8, 4) is 0 Å². The van der Waals surface area contributed by atoms with E-state index in [2.05, 4.69) is 22.5 Å². The summed E-state index contributed by atoms with van der Waals surface area (Å²) in [6, 6.07) is 6.07. The summed E-state index contributed by atoms with van der Waals surface area (Å²) in [5, 5.41) is 2.74. The third kappa shape index (κ3) is 2.82. The Balaban J connectivity index is 1.98. The van der Waals surface area contributed by atoms with E-state index in [0.717, 1.165) is 18.4 Å². The van der Waals surface area contributed by atoms with Crippen molar-refractivity contribution in [1.82, 2.24) is 4.98 Å². The average molecular weight is 253 g/mol. The minimum absolute atomic E-state index is 0.0161. The summed E-state index contributed by atoms with van der Waals surface area (Å²) in [5.41, 5.74) is 7.08. The maximum atomic E-state index is 6.10. The van der Waals surface area contributed by atoms with Crippen LogP contribution in [-0.2, 0) is 6.42 Å². The van der Waals surface area contributed by atoms with E-state index in [1.807, 2.05) is 6.07 Å². The molecule has 0 aromatic carbocycles. The highest BCUT2D eigenvalue weighted by Crippen LogP contribution is 2.24. The van der Waals surface area contributed by atoms with Crippen molar-refractivity contribution in [1.29, 1.82) is 0 Å². The first kappa shape index (κ1) is 11.6. The summed E-state index contributed by atoms with van der Waals surface area (Å²) >= 11 is 7.80. The normalized spacial score (nSPS) is 12.6. The van der Waals surface area contributed by atoms with Gasteiger partial charge in [-0.25, -0.2) is 0 Å². The van der Waals surface area contributed by atoms with Gasteiger partial charge in [0.1, 0.15) is 0 Å². The Kier molecular flexibility index (Phi) is 3.93. The monoisotopic (exact) mass is 252 g/mol. The molecule has 0 spiro atoms. The number of rotatable bonds is 4. The summed E-state index contributed by atoms with van der Waals surface area (Å²) in [5.74, 6) is 0. The van der Waals surface area contributed by atoms with Gasteiger partial charge in [-0.1, -0.05) is 17.7 Å². The second-order valence-electron chi connectivity index (χ2n) is 3.62. The van der Waals surface area contributed by atoms with Gasteiger partial charge in [0, 0.05) is 23.3 Å². The first-order chi connectivity index (χ1) is 7.77. The summed E-state index contributed by atoms with van der Waals surface area (Å²) in [6.07, 6.45) is 5.27. The minimum atomic E-state index is -0.0161. The van der Waals surface area contributed by atoms with Gasteiger partial charge in [0.25, 0.3) is 0 Å². The Morgan fingerprint density at radius 2 is 2.31 bits per heavy atom. The highest BCUT2D eigenvalue weighted by molar-refractivity contribution is 7.09. The van der Waals surface area contributed by atoms with Gasteiger partial charge in [0.05, 0.1) is 5.02 Å². The standard InChI is InChI=1S/C12H13ClN2S/c13-11-8-15-6-5-10(11)12(14)4-3-9-2-1-7-16-9/h1-2,5-8,12H,3-4,14H2. The average Bonchev–Trinajstić information content (AvgIpc) is 2.79. The molecule has 0 aliphatic heterocycles. The van der Waals surface area contributed by atoms with Gasteiger partial charge >= 0.3 is 0 Å². The van der Waals surface area contributed by atoms with Crippen molar-refractivity contribution in [3.63, 3.8) is 0 Å². The highest BCUT2D eigenvalue weighted by atomic mass is 35.5. The highest BCUT2D eigenvalue weighted by Gasteiger charge is 2.10. The van der Waals surface area contributed by atoms with Crippen LogP contribution in [-0.4, -0.2) is 4.98 Å². The maximum absolute atomic E-state index is 6.10. The predicted molar refractivity (Wildman–Crippen MR) is 68.8 cm³/mol. The van der Waals surface area contributed by atoms with Crippen molar-refractivity contribution in [2.75, 3.05) is 0 Å². The van der Waals surface area contributed by atoms with Crippen molar-refractivity contribution in [2.45, 2.75) is 18.9 Å². The summed E-state index contributed by atoms with van der Waals surface area (Å²) in [7, 11) is 0. The fraction of sp³-hybridized carbons (Fsp3) is 0.250. The van der Waals surface area contributed by atoms with Gasteiger partial charge in [0.15, 0.2) is 0 Å². The van der Waals surface area contributed by atoms with Crippen LogP contribution < -0.4 is 5.73 Å². The van der Waals surface area contributed by atoms with Gasteiger partial charge < -0.3 is 5.73 Å². The molecule has 0 amide bonds. The van der Waals surface area contributed by atoms with Crippen LogP contribution >= 0.6 is 22.9 Å². The number of thiophene rings is 1. The molecule has 1 unspecified atom stereocenters. The Bertz CT molecular complexity index is 442. The number of nitrogens with two attached hydrogens (primary N) is 1. The molecule has 2 nitrogen and oxygen atoms in total. The molecule has 2 aromatic rings. The van der Waals surface area contributed by atoms with Gasteiger partial charge in [-0.05, 0) is 35.9 Å². The maximum Gasteiger partial charge on any atom is 0.0637 e. The number of nitrogens with zero attached hydrogens (tertiary/aromatic N) is 1. The minimum Gasteiger partial charge on any atom is -0.324 e. The van der Waals surface area contributed by atoms with Crippen molar-refractivity contribution >= 4 is 22.9 Å². The van der Waals surface area contributed by atoms with Crippen LogP contribution in [0.15, 0.2) is 36.0 Å². The Labute approximate surface area is 104 Å². The van der Waals surface area contributed by atoms with E-state index < -0.39 is 0 Å². The second kappa shape index (κ2) is 5.43. The zero-order chi connectivity index (χ0) is 11.4. The van der Waals surface area contributed by atoms with Gasteiger partial charge in [-0.2, -0.15) is 0 Å². The molecule has 0 bridgehead atoms. The number of halogens is 1. The largest absolute Gasteiger partial charge is 0.324 e. The summed E-state index contributed by atoms with van der Waals surface area (Å²) < 4.78 is 0. The fourth-order valence-corrected chi connectivity index (χ4v) is 2.58. The molecule has 0 aliphatic carbocycles. The molecule has 0 aliphatic rings. The van der Waals surface area contributed by atoms with Gasteiger partial charge in [-0.3, -0.25) is 4.98 Å². The van der Waals surface area contributed by atoms with Crippen LogP contribution in [0.1, 0.15) is 22.9 Å². The third-order valence-corrected chi connectivity index (χ3v) is 3.74. The van der Waals surface area contributed by atoms with E-state index in [9.17, 15) is 0 Å². The van der Waals surface area contributed by atoms with E-state index in [1.54, 1.807) is 23.7 Å². The summed E-state index contributed by atoms with van der Waals surface area (Å²) in [4.78, 5) is 5.31. The van der Waals surface area contributed by atoms with E-state index in [1.165, 1.54) is 4.88 Å². The van der Waals surface area contributed by atoms with Crippen LogP contribution in [0.2, 0.25) is 5.02 Å². The molecule has 4 heteroatoms. The van der Waals surface area contributed by atoms with E-state index in [-0.39, 0.29) is 6.04 Å². The summed E-state index contributed by atoms with van der Waals surface area (Å²) in [6.45, 7) is 0. The molecule has 2 rings (SSSR count). The number of aromatic nitrogens is 1. The Morgan fingerprint density at radius 3 is 3.00 bits per heavy atom. The first-order valence-corrected chi connectivity index (χ1v) is 6.40. The van der Waals surface area contributed by atoms with Crippen molar-refractivity contribution in [3.05, 3.63) is 51.4 Å². The molecular formula is C12H13ClN2S. The van der Waals surface area contributed by atoms with Crippen molar-refractivity contribution < 1.29 is 0 Å². The zero-order valence-electron chi connectivity index (χ0n) is 8.77. The molecule has 0 fully saturated rings. The van der Waals surface area contributed by atoms with Crippen molar-refractivity contribution in [2.24, 2.45) is 5.73 Å². The lowest BCUT2D eigenvalue weighted by Crippen LogP contribution is -2.11. The van der Waals surface area contributed by atoms with E-state index >= 15 is 0 Å². The topological polar surface area (TPSA) is 38.9 Å². The molecular weight excluding hydrogens is 240 g/mol. The molecule has 1 atom stereocenters. The van der Waals surface area contributed by atoms with Gasteiger partial charge in [0.2, 0.25) is 0 Å². The fourth-order valence-electron chi connectivity index (χ4n) is 1.59. The lowest BCUT2D eigenvalue weighted by Gasteiger charge is -2.12. The molecule has 0 saturated carbocycles. The van der Waals surface area contributed by atoms with Crippen LogP contribution in [0.5, 0.6) is 0 Å². The first-order valence-electron chi connectivity index (χ1n) is 5.15. The van der Waals surface area contributed by atoms with Crippen LogP contribution in [0.3, 0.4) is 0 Å². The lowest BCUT2D eigenvalue weighted by molar-refractivity contribution is 0.655. The van der Waals surface area contributed by atoms with E-state index in [4.69, 9.17) is 17.3 Å². The number of aryl methyl sites for hydroxylation is 1. The molecule has 0 saturated heterocycles. The molecule has 2 aromatic heterocycles. The second-order valence-corrected chi connectivity index (χ2v) is 5.06. The molecule has 2 heterocycles. The molecule has 2 N–H and O–H groups in total. The number of pyridine rings is 1. The lowest BCUT2D eigenvalue weighted by atomic mass is 10.0. The van der Waals surface area contributed by atoms with Crippen LogP contribution in [0.4, 0.5) is 0 Å². The Morgan fingerprint density at radius 1 is 1.44 bits per heavy atom. The molecule has 84 valence electrons. The molecule has 16 heavy (non-hydrogen) atoms. The smallest absolute Gasteiger partial charge is 0.0637 e. The Hall–Kier alpha value is -0.900. The van der Waals surface area contributed by atoms with E-state index in [0.29, 0.717) is 5.02 Å².